The molecule has 2 heterocycles. The minimum Gasteiger partial charge on any atom is -0.310 e. The lowest BCUT2D eigenvalue weighted by Gasteiger charge is -2.16. The van der Waals surface area contributed by atoms with Gasteiger partial charge in [0.1, 0.15) is 0 Å². The van der Waals surface area contributed by atoms with Gasteiger partial charge in [-0.25, -0.2) is 4.52 Å². The van der Waals surface area contributed by atoms with Gasteiger partial charge in [-0.15, -0.1) is 0 Å². The highest BCUT2D eigenvalue weighted by molar-refractivity contribution is 5.53. The highest BCUT2D eigenvalue weighted by atomic mass is 15.2. The van der Waals surface area contributed by atoms with Gasteiger partial charge >= 0.3 is 0 Å². The Hall–Kier alpha value is -1.42. The Morgan fingerprint density at radius 1 is 1.28 bits per heavy atom. The van der Waals surface area contributed by atoms with Gasteiger partial charge in [-0.3, -0.25) is 4.98 Å². The van der Waals surface area contributed by atoms with E-state index in [1.807, 2.05) is 23.1 Å². The highest BCUT2D eigenvalue weighted by Gasteiger charge is 2.14. The van der Waals surface area contributed by atoms with Crippen LogP contribution >= 0.6 is 0 Å². The van der Waals surface area contributed by atoms with Gasteiger partial charge in [0.2, 0.25) is 0 Å². The molecule has 2 aromatic heterocycles. The van der Waals surface area contributed by atoms with E-state index in [0.29, 0.717) is 6.04 Å². The zero-order valence-electron chi connectivity index (χ0n) is 11.3. The molecule has 0 spiro atoms. The van der Waals surface area contributed by atoms with Crippen molar-refractivity contribution in [3.63, 3.8) is 0 Å². The van der Waals surface area contributed by atoms with E-state index in [4.69, 9.17) is 0 Å². The third-order valence-electron chi connectivity index (χ3n) is 3.28. The molecule has 0 amide bonds. The smallest absolute Gasteiger partial charge is 0.0892 e. The van der Waals surface area contributed by atoms with Crippen LogP contribution in [0.4, 0.5) is 0 Å². The monoisotopic (exact) mass is 246 g/mol. The van der Waals surface area contributed by atoms with Crippen LogP contribution in [0.2, 0.25) is 0 Å². The lowest BCUT2D eigenvalue weighted by Crippen LogP contribution is -2.20. The molecule has 1 N–H and O–H groups in total. The Morgan fingerprint density at radius 3 is 2.94 bits per heavy atom. The van der Waals surface area contributed by atoms with Crippen molar-refractivity contribution in [2.24, 2.45) is 0 Å². The first-order valence-corrected chi connectivity index (χ1v) is 6.87. The van der Waals surface area contributed by atoms with Crippen LogP contribution in [0.15, 0.2) is 24.8 Å². The average molecular weight is 246 g/mol. The van der Waals surface area contributed by atoms with Gasteiger partial charge in [0.15, 0.2) is 0 Å². The van der Waals surface area contributed by atoms with Crippen molar-refractivity contribution in [1.29, 1.82) is 0 Å². The van der Waals surface area contributed by atoms with Crippen LogP contribution in [0.5, 0.6) is 0 Å². The SMILES string of the molecule is CCCCCC(NCC)c1cnn2ccncc12. The van der Waals surface area contributed by atoms with Crippen LogP contribution in [-0.2, 0) is 0 Å². The molecule has 0 aliphatic rings. The summed E-state index contributed by atoms with van der Waals surface area (Å²) in [6, 6.07) is 0.392. The summed E-state index contributed by atoms with van der Waals surface area (Å²) in [4.78, 5) is 4.20. The van der Waals surface area contributed by atoms with Gasteiger partial charge in [-0.1, -0.05) is 33.1 Å². The van der Waals surface area contributed by atoms with Gasteiger partial charge in [-0.2, -0.15) is 5.10 Å². The predicted octanol–water partition coefficient (Wildman–Crippen LogP) is 2.96. The van der Waals surface area contributed by atoms with Crippen LogP contribution in [0, 0.1) is 0 Å². The van der Waals surface area contributed by atoms with Crippen molar-refractivity contribution in [2.45, 2.75) is 45.6 Å². The number of nitrogens with zero attached hydrogens (tertiary/aromatic N) is 3. The van der Waals surface area contributed by atoms with Crippen molar-refractivity contribution in [3.05, 3.63) is 30.4 Å². The molecule has 1 atom stereocenters. The van der Waals surface area contributed by atoms with Crippen LogP contribution in [0.3, 0.4) is 0 Å². The lowest BCUT2D eigenvalue weighted by molar-refractivity contribution is 0.489. The second-order valence-electron chi connectivity index (χ2n) is 4.61. The maximum Gasteiger partial charge on any atom is 0.0892 e. The Labute approximate surface area is 108 Å². The number of unbranched alkanes of at least 4 members (excludes halogenated alkanes) is 2. The Kier molecular flexibility index (Phi) is 4.70. The molecule has 1 unspecified atom stereocenters. The summed E-state index contributed by atoms with van der Waals surface area (Å²) in [5, 5.41) is 7.94. The van der Waals surface area contributed by atoms with E-state index in [1.54, 1.807) is 6.20 Å². The standard InChI is InChI=1S/C14H22N4/c1-3-5-6-7-13(16-4-2)12-10-17-18-9-8-15-11-14(12)18/h8-11,13,16H,3-7H2,1-2H3. The number of nitrogens with one attached hydrogen (secondary N) is 1. The zero-order valence-corrected chi connectivity index (χ0v) is 11.3. The molecule has 2 rings (SSSR count). The van der Waals surface area contributed by atoms with E-state index < -0.39 is 0 Å². The predicted molar refractivity (Wildman–Crippen MR) is 73.5 cm³/mol. The van der Waals surface area contributed by atoms with E-state index in [9.17, 15) is 0 Å². The highest BCUT2D eigenvalue weighted by Crippen LogP contribution is 2.23. The summed E-state index contributed by atoms with van der Waals surface area (Å²) in [5.41, 5.74) is 2.38. The van der Waals surface area contributed by atoms with Gasteiger partial charge < -0.3 is 5.32 Å². The van der Waals surface area contributed by atoms with Gasteiger partial charge in [0.25, 0.3) is 0 Å². The largest absolute Gasteiger partial charge is 0.310 e. The molecule has 98 valence electrons. The molecule has 0 fully saturated rings. The van der Waals surface area contributed by atoms with Crippen LogP contribution in [0.1, 0.15) is 51.1 Å². The van der Waals surface area contributed by atoms with Crippen molar-refractivity contribution in [3.8, 4) is 0 Å². The molecule has 2 aromatic rings. The fraction of sp³-hybridized carbons (Fsp3) is 0.571. The van der Waals surface area contributed by atoms with Crippen molar-refractivity contribution in [2.75, 3.05) is 6.54 Å². The molecule has 0 aliphatic carbocycles. The zero-order chi connectivity index (χ0) is 12.8. The summed E-state index contributed by atoms with van der Waals surface area (Å²) in [5.74, 6) is 0. The molecular formula is C14H22N4. The molecule has 4 nitrogen and oxygen atoms in total. The van der Waals surface area contributed by atoms with Crippen LogP contribution in [-0.4, -0.2) is 21.1 Å². The number of rotatable bonds is 7. The molecule has 18 heavy (non-hydrogen) atoms. The number of hydrogen-bond acceptors (Lipinski definition) is 3. The molecule has 0 saturated carbocycles. The van der Waals surface area contributed by atoms with E-state index in [2.05, 4.69) is 29.2 Å². The number of hydrogen-bond donors (Lipinski definition) is 1. The minimum absolute atomic E-state index is 0.392. The van der Waals surface area contributed by atoms with Gasteiger partial charge in [-0.05, 0) is 13.0 Å². The fourth-order valence-electron chi connectivity index (χ4n) is 2.33. The molecule has 4 heteroatoms. The van der Waals surface area contributed by atoms with E-state index >= 15 is 0 Å². The first kappa shape index (κ1) is 13.0. The normalized spacial score (nSPS) is 13.0. The third kappa shape index (κ3) is 2.88. The summed E-state index contributed by atoms with van der Waals surface area (Å²) < 4.78 is 1.90. The Balaban J connectivity index is 2.18. The molecule has 0 aliphatic heterocycles. The first-order valence-electron chi connectivity index (χ1n) is 6.87. The van der Waals surface area contributed by atoms with Crippen LogP contribution in [0.25, 0.3) is 5.52 Å². The molecule has 0 saturated heterocycles. The fourth-order valence-corrected chi connectivity index (χ4v) is 2.33. The van der Waals surface area contributed by atoms with E-state index in [0.717, 1.165) is 18.5 Å². The third-order valence-corrected chi connectivity index (χ3v) is 3.28. The van der Waals surface area contributed by atoms with E-state index in [-0.39, 0.29) is 0 Å². The summed E-state index contributed by atoms with van der Waals surface area (Å²) >= 11 is 0. The van der Waals surface area contributed by atoms with Gasteiger partial charge in [0, 0.05) is 24.0 Å². The van der Waals surface area contributed by atoms with Gasteiger partial charge in [0.05, 0.1) is 17.9 Å². The molecular weight excluding hydrogens is 224 g/mol. The topological polar surface area (TPSA) is 42.2 Å². The Bertz CT molecular complexity index is 477. The molecule has 0 radical (unpaired) electrons. The average Bonchev–Trinajstić information content (AvgIpc) is 2.82. The number of aromatic nitrogens is 3. The van der Waals surface area contributed by atoms with Crippen molar-refractivity contribution < 1.29 is 0 Å². The number of fused-ring (bicyclic) bond motifs is 1. The first-order chi connectivity index (χ1) is 8.86. The maximum atomic E-state index is 4.39. The van der Waals surface area contributed by atoms with E-state index in [1.165, 1.54) is 24.8 Å². The second-order valence-corrected chi connectivity index (χ2v) is 4.61. The Morgan fingerprint density at radius 2 is 2.17 bits per heavy atom. The summed E-state index contributed by atoms with van der Waals surface area (Å²) in [6.07, 6.45) is 12.5. The minimum atomic E-state index is 0.392. The van der Waals surface area contributed by atoms with Crippen molar-refractivity contribution in [1.82, 2.24) is 19.9 Å². The quantitative estimate of drug-likeness (QED) is 0.764. The maximum absolute atomic E-state index is 4.39. The second kappa shape index (κ2) is 6.50. The van der Waals surface area contributed by atoms with Crippen molar-refractivity contribution >= 4 is 5.52 Å². The summed E-state index contributed by atoms with van der Waals surface area (Å²) in [6.45, 7) is 5.37. The van der Waals surface area contributed by atoms with Crippen LogP contribution < -0.4 is 5.32 Å². The molecule has 0 aromatic carbocycles. The lowest BCUT2D eigenvalue weighted by atomic mass is 10.0. The molecule has 0 bridgehead atoms. The summed E-state index contributed by atoms with van der Waals surface area (Å²) in [7, 11) is 0.